The van der Waals surface area contributed by atoms with Gasteiger partial charge in [0.25, 0.3) is 5.91 Å². The Hall–Kier alpha value is -2.35. The predicted molar refractivity (Wildman–Crippen MR) is 76.3 cm³/mol. The summed E-state index contributed by atoms with van der Waals surface area (Å²) in [7, 11) is 0. The Labute approximate surface area is 130 Å². The summed E-state index contributed by atoms with van der Waals surface area (Å²) in [6, 6.07) is 4.17. The lowest BCUT2D eigenvalue weighted by Crippen LogP contribution is -2.23. The van der Waals surface area contributed by atoms with Crippen LogP contribution in [0.3, 0.4) is 0 Å². The van der Waals surface area contributed by atoms with Crippen molar-refractivity contribution in [2.24, 2.45) is 5.73 Å². The number of nitrogens with zero attached hydrogens (tertiary/aromatic N) is 1. The molecule has 0 aliphatic carbocycles. The van der Waals surface area contributed by atoms with Gasteiger partial charge in [-0.25, -0.2) is 4.98 Å². The lowest BCUT2D eigenvalue weighted by Gasteiger charge is -2.08. The Bertz CT molecular complexity index is 665. The number of aromatic nitrogens is 1. The van der Waals surface area contributed by atoms with Crippen LogP contribution in [0.5, 0.6) is 0 Å². The van der Waals surface area contributed by atoms with Gasteiger partial charge in [0.2, 0.25) is 5.89 Å². The number of hydrogen-bond donors (Lipinski definition) is 2. The van der Waals surface area contributed by atoms with Crippen LogP contribution in [0.4, 0.5) is 13.2 Å². The average Bonchev–Trinajstić information content (AvgIpc) is 3.01. The monoisotopic (exact) mass is 327 g/mol. The third-order valence-corrected chi connectivity index (χ3v) is 3.25. The molecule has 1 aromatic heterocycles. The molecule has 1 atom stereocenters. The molecule has 1 aromatic carbocycles. The van der Waals surface area contributed by atoms with Crippen molar-refractivity contribution in [3.63, 3.8) is 0 Å². The zero-order valence-corrected chi connectivity index (χ0v) is 12.4. The number of carbonyl (C=O) groups is 1. The lowest BCUT2D eigenvalue weighted by atomic mass is 10.1. The van der Waals surface area contributed by atoms with Crippen LogP contribution in [-0.2, 0) is 12.7 Å². The molecular weight excluding hydrogens is 311 g/mol. The molecule has 124 valence electrons. The number of benzene rings is 1. The molecule has 0 fully saturated rings. The van der Waals surface area contributed by atoms with Crippen molar-refractivity contribution in [3.05, 3.63) is 53.2 Å². The van der Waals surface area contributed by atoms with E-state index in [2.05, 4.69) is 10.3 Å². The standard InChI is InChI=1S/C15H16F3N3O2/c1-2-11(19)14-21-12(8-23-14)13(22)20-7-9-3-5-10(6-4-9)15(16,17)18/h3-6,8,11H,2,7,19H2,1H3,(H,20,22). The number of oxazole rings is 1. The van der Waals surface area contributed by atoms with Crippen LogP contribution in [0, 0.1) is 0 Å². The van der Waals surface area contributed by atoms with Crippen LogP contribution in [0.2, 0.25) is 0 Å². The first-order valence-electron chi connectivity index (χ1n) is 6.96. The van der Waals surface area contributed by atoms with Gasteiger partial charge in [-0.2, -0.15) is 13.2 Å². The molecule has 1 amide bonds. The van der Waals surface area contributed by atoms with E-state index in [1.165, 1.54) is 18.4 Å². The number of rotatable bonds is 5. The highest BCUT2D eigenvalue weighted by atomic mass is 19.4. The Balaban J connectivity index is 1.95. The van der Waals surface area contributed by atoms with Gasteiger partial charge in [-0.05, 0) is 24.1 Å². The smallest absolute Gasteiger partial charge is 0.416 e. The molecule has 1 heterocycles. The molecular formula is C15H16F3N3O2. The Morgan fingerprint density at radius 3 is 2.57 bits per heavy atom. The summed E-state index contributed by atoms with van der Waals surface area (Å²) in [5, 5.41) is 2.56. The van der Waals surface area contributed by atoms with Crippen molar-refractivity contribution in [1.29, 1.82) is 0 Å². The third-order valence-electron chi connectivity index (χ3n) is 3.25. The minimum atomic E-state index is -4.38. The summed E-state index contributed by atoms with van der Waals surface area (Å²) in [5.41, 5.74) is 5.63. The highest BCUT2D eigenvalue weighted by Crippen LogP contribution is 2.29. The molecule has 0 saturated heterocycles. The minimum Gasteiger partial charge on any atom is -0.446 e. The number of hydrogen-bond acceptors (Lipinski definition) is 4. The van der Waals surface area contributed by atoms with Gasteiger partial charge in [-0.3, -0.25) is 4.79 Å². The van der Waals surface area contributed by atoms with Gasteiger partial charge >= 0.3 is 6.18 Å². The van der Waals surface area contributed by atoms with E-state index in [-0.39, 0.29) is 24.2 Å². The molecule has 0 spiro atoms. The summed E-state index contributed by atoms with van der Waals surface area (Å²) in [6.07, 6.45) is -2.56. The highest BCUT2D eigenvalue weighted by Gasteiger charge is 2.29. The fourth-order valence-electron chi connectivity index (χ4n) is 1.82. The van der Waals surface area contributed by atoms with E-state index in [0.717, 1.165) is 12.1 Å². The van der Waals surface area contributed by atoms with Gasteiger partial charge in [-0.15, -0.1) is 0 Å². The molecule has 0 bridgehead atoms. The summed E-state index contributed by atoms with van der Waals surface area (Å²) >= 11 is 0. The van der Waals surface area contributed by atoms with E-state index >= 15 is 0 Å². The second kappa shape index (κ2) is 6.82. The number of carbonyl (C=O) groups excluding carboxylic acids is 1. The molecule has 1 unspecified atom stereocenters. The molecule has 0 radical (unpaired) electrons. The second-order valence-corrected chi connectivity index (χ2v) is 4.96. The highest BCUT2D eigenvalue weighted by molar-refractivity contribution is 5.91. The molecule has 0 saturated carbocycles. The van der Waals surface area contributed by atoms with E-state index in [4.69, 9.17) is 10.2 Å². The second-order valence-electron chi connectivity index (χ2n) is 4.96. The maximum Gasteiger partial charge on any atom is 0.416 e. The van der Waals surface area contributed by atoms with Crippen LogP contribution in [0.1, 0.15) is 46.9 Å². The Kier molecular flexibility index (Phi) is 5.05. The molecule has 2 rings (SSSR count). The van der Waals surface area contributed by atoms with Gasteiger partial charge in [-0.1, -0.05) is 19.1 Å². The summed E-state index contributed by atoms with van der Waals surface area (Å²) in [5.74, 6) is -0.213. The third kappa shape index (κ3) is 4.32. The summed E-state index contributed by atoms with van der Waals surface area (Å²) in [6.45, 7) is 1.94. The van der Waals surface area contributed by atoms with Gasteiger partial charge in [0.05, 0.1) is 11.6 Å². The number of nitrogens with one attached hydrogen (secondary N) is 1. The Morgan fingerprint density at radius 2 is 2.00 bits per heavy atom. The number of alkyl halides is 3. The molecule has 0 aliphatic rings. The fraction of sp³-hybridized carbons (Fsp3) is 0.333. The van der Waals surface area contributed by atoms with E-state index in [0.29, 0.717) is 12.0 Å². The predicted octanol–water partition coefficient (Wildman–Crippen LogP) is 3.03. The summed E-state index contributed by atoms with van der Waals surface area (Å²) in [4.78, 5) is 15.9. The van der Waals surface area contributed by atoms with Gasteiger partial charge < -0.3 is 15.5 Å². The molecule has 3 N–H and O–H groups in total. The van der Waals surface area contributed by atoms with E-state index in [1.54, 1.807) is 0 Å². The quantitative estimate of drug-likeness (QED) is 0.884. The van der Waals surface area contributed by atoms with Crippen LogP contribution >= 0.6 is 0 Å². The zero-order valence-electron chi connectivity index (χ0n) is 12.4. The van der Waals surface area contributed by atoms with E-state index in [1.807, 2.05) is 6.92 Å². The normalized spacial score (nSPS) is 12.9. The molecule has 2 aromatic rings. The molecule has 8 heteroatoms. The van der Waals surface area contributed by atoms with Crippen molar-refractivity contribution in [2.45, 2.75) is 32.1 Å². The largest absolute Gasteiger partial charge is 0.446 e. The zero-order chi connectivity index (χ0) is 17.0. The van der Waals surface area contributed by atoms with E-state index < -0.39 is 17.6 Å². The molecule has 5 nitrogen and oxygen atoms in total. The van der Waals surface area contributed by atoms with Crippen molar-refractivity contribution < 1.29 is 22.4 Å². The van der Waals surface area contributed by atoms with Crippen molar-refractivity contribution in [3.8, 4) is 0 Å². The summed E-state index contributed by atoms with van der Waals surface area (Å²) < 4.78 is 42.5. The number of halogens is 3. The fourth-order valence-corrected chi connectivity index (χ4v) is 1.82. The Morgan fingerprint density at radius 1 is 1.35 bits per heavy atom. The number of nitrogens with two attached hydrogens (primary N) is 1. The van der Waals surface area contributed by atoms with Gasteiger partial charge in [0, 0.05) is 6.54 Å². The van der Waals surface area contributed by atoms with Crippen LogP contribution in [-0.4, -0.2) is 10.9 Å². The maximum atomic E-state index is 12.5. The maximum absolute atomic E-state index is 12.5. The topological polar surface area (TPSA) is 81.1 Å². The lowest BCUT2D eigenvalue weighted by molar-refractivity contribution is -0.137. The minimum absolute atomic E-state index is 0.0795. The van der Waals surface area contributed by atoms with E-state index in [9.17, 15) is 18.0 Å². The average molecular weight is 327 g/mol. The first kappa shape index (κ1) is 17.0. The van der Waals surface area contributed by atoms with Crippen molar-refractivity contribution in [1.82, 2.24) is 10.3 Å². The van der Waals surface area contributed by atoms with Crippen molar-refractivity contribution in [2.75, 3.05) is 0 Å². The van der Waals surface area contributed by atoms with Crippen molar-refractivity contribution >= 4 is 5.91 Å². The SMILES string of the molecule is CCC(N)c1nc(C(=O)NCc2ccc(C(F)(F)F)cc2)co1. The first-order valence-corrected chi connectivity index (χ1v) is 6.96. The molecule has 0 aliphatic heterocycles. The van der Waals surface area contributed by atoms with Gasteiger partial charge in [0.1, 0.15) is 6.26 Å². The van der Waals surface area contributed by atoms with Crippen LogP contribution in [0.25, 0.3) is 0 Å². The van der Waals surface area contributed by atoms with Crippen LogP contribution < -0.4 is 11.1 Å². The van der Waals surface area contributed by atoms with Crippen LogP contribution in [0.15, 0.2) is 34.9 Å². The number of amides is 1. The first-order chi connectivity index (χ1) is 10.8. The molecule has 23 heavy (non-hydrogen) atoms. The van der Waals surface area contributed by atoms with Gasteiger partial charge in [0.15, 0.2) is 5.69 Å².